The molecule has 0 amide bonds. The van der Waals surface area contributed by atoms with Gasteiger partial charge in [-0.2, -0.15) is 0 Å². The van der Waals surface area contributed by atoms with Crippen LogP contribution in [0.4, 0.5) is 0 Å². The summed E-state index contributed by atoms with van der Waals surface area (Å²) in [6.45, 7) is 1.12. The number of hydrogen-bond acceptors (Lipinski definition) is 6. The fraction of sp³-hybridized carbons (Fsp3) is 0.818. The van der Waals surface area contributed by atoms with Crippen molar-refractivity contribution in [3.63, 3.8) is 0 Å². The van der Waals surface area contributed by atoms with Crippen LogP contribution in [0.1, 0.15) is 19.8 Å². The van der Waals surface area contributed by atoms with E-state index in [1.54, 1.807) is 0 Å². The van der Waals surface area contributed by atoms with Gasteiger partial charge in [0.15, 0.2) is 0 Å². The zero-order chi connectivity index (χ0) is 13.0. The van der Waals surface area contributed by atoms with Crippen LogP contribution in [0.15, 0.2) is 4.99 Å². The summed E-state index contributed by atoms with van der Waals surface area (Å²) in [6, 6.07) is -0.841. The summed E-state index contributed by atoms with van der Waals surface area (Å²) in [6.07, 6.45) is -1.60. The maximum Gasteiger partial charge on any atom is 0.135 e. The quantitative estimate of drug-likeness (QED) is 0.451. The van der Waals surface area contributed by atoms with Crippen LogP contribution in [0.3, 0.4) is 0 Å². The lowest BCUT2D eigenvalue weighted by Gasteiger charge is -2.38. The van der Waals surface area contributed by atoms with Crippen LogP contribution < -0.4 is 0 Å². The Bertz CT molecular complexity index is 294. The normalized spacial score (nSPS) is 38.5. The molecule has 0 radical (unpaired) electrons. The molecule has 98 valence electrons. The smallest absolute Gasteiger partial charge is 0.135 e. The fourth-order valence-electron chi connectivity index (χ4n) is 1.97. The first-order valence-corrected chi connectivity index (χ1v) is 5.63. The van der Waals surface area contributed by atoms with Crippen molar-refractivity contribution in [2.24, 2.45) is 10.9 Å². The number of carbonyl (C=O) groups excluding carboxylic acids is 1. The molecule has 1 fully saturated rings. The van der Waals surface area contributed by atoms with Gasteiger partial charge in [0.05, 0.1) is 12.2 Å². The monoisotopic (exact) mass is 245 g/mol. The molecule has 0 bridgehead atoms. The summed E-state index contributed by atoms with van der Waals surface area (Å²) in [4.78, 5) is 14.6. The Hall–Kier alpha value is -0.820. The lowest BCUT2D eigenvalue weighted by Crippen LogP contribution is -2.53. The van der Waals surface area contributed by atoms with Crippen LogP contribution in [0.25, 0.3) is 0 Å². The van der Waals surface area contributed by atoms with Crippen molar-refractivity contribution in [2.45, 2.75) is 44.1 Å². The highest BCUT2D eigenvalue weighted by Gasteiger charge is 2.42. The molecule has 4 N–H and O–H groups in total. The Kier molecular flexibility index (Phi) is 5.20. The molecule has 0 aromatic heterocycles. The highest BCUT2D eigenvalue weighted by Crippen LogP contribution is 2.27. The van der Waals surface area contributed by atoms with E-state index < -0.39 is 30.3 Å². The molecule has 1 saturated carbocycles. The zero-order valence-electron chi connectivity index (χ0n) is 9.73. The van der Waals surface area contributed by atoms with Crippen molar-refractivity contribution in [1.29, 1.82) is 0 Å². The molecule has 0 saturated heterocycles. The summed E-state index contributed by atoms with van der Waals surface area (Å²) in [7, 11) is 0. The minimum atomic E-state index is -1.22. The molecule has 6 nitrogen and oxygen atoms in total. The lowest BCUT2D eigenvalue weighted by molar-refractivity contribution is -0.115. The van der Waals surface area contributed by atoms with E-state index in [1.165, 1.54) is 13.1 Å². The molecule has 0 spiro atoms. The number of aliphatic imine (C=N–C) groups is 1. The van der Waals surface area contributed by atoms with E-state index in [-0.39, 0.29) is 25.2 Å². The molecule has 17 heavy (non-hydrogen) atoms. The van der Waals surface area contributed by atoms with Crippen LogP contribution in [-0.4, -0.2) is 63.4 Å². The highest BCUT2D eigenvalue weighted by atomic mass is 16.3. The Balaban J connectivity index is 2.66. The molecule has 1 unspecified atom stereocenters. The van der Waals surface area contributed by atoms with Gasteiger partial charge in [-0.1, -0.05) is 0 Å². The van der Waals surface area contributed by atoms with Gasteiger partial charge in [-0.15, -0.1) is 0 Å². The average molecular weight is 245 g/mol. The van der Waals surface area contributed by atoms with Gasteiger partial charge in [-0.25, -0.2) is 0 Å². The van der Waals surface area contributed by atoms with Gasteiger partial charge in [0.25, 0.3) is 0 Å². The van der Waals surface area contributed by atoms with Crippen LogP contribution in [0.2, 0.25) is 0 Å². The molecular weight excluding hydrogens is 226 g/mol. The number of Topliss-reactive ketones (excluding diaryl/α,β-unsaturated/α-hetero) is 1. The van der Waals surface area contributed by atoms with Gasteiger partial charge in [0.1, 0.15) is 17.9 Å². The van der Waals surface area contributed by atoms with Crippen molar-refractivity contribution in [3.8, 4) is 0 Å². The van der Waals surface area contributed by atoms with Crippen molar-refractivity contribution in [3.05, 3.63) is 0 Å². The molecule has 0 aliphatic heterocycles. The molecule has 6 heteroatoms. The van der Waals surface area contributed by atoms with Crippen molar-refractivity contribution in [2.75, 3.05) is 6.61 Å². The van der Waals surface area contributed by atoms with Gasteiger partial charge in [0, 0.05) is 25.2 Å². The molecule has 1 aliphatic rings. The number of hydrogen-bond donors (Lipinski definition) is 4. The molecular formula is C11H19NO5. The topological polar surface area (TPSA) is 110 Å². The first-order valence-electron chi connectivity index (χ1n) is 5.63. The van der Waals surface area contributed by atoms with E-state index in [0.717, 1.165) is 0 Å². The number of aliphatic hydroxyl groups is 4. The maximum absolute atomic E-state index is 10.7. The van der Waals surface area contributed by atoms with Crippen molar-refractivity contribution < 1.29 is 25.2 Å². The summed E-state index contributed by atoms with van der Waals surface area (Å²) in [5.41, 5.74) is 0. The number of aliphatic hydroxyl groups excluding tert-OH is 4. The van der Waals surface area contributed by atoms with E-state index >= 15 is 0 Å². The van der Waals surface area contributed by atoms with Crippen molar-refractivity contribution >= 4 is 12.0 Å². The highest BCUT2D eigenvalue weighted by molar-refractivity contribution is 5.89. The van der Waals surface area contributed by atoms with Crippen LogP contribution in [0.5, 0.6) is 0 Å². The summed E-state index contributed by atoms with van der Waals surface area (Å²) < 4.78 is 0. The maximum atomic E-state index is 10.7. The summed E-state index contributed by atoms with van der Waals surface area (Å²) in [5, 5.41) is 38.1. The second-order valence-corrected chi connectivity index (χ2v) is 4.46. The predicted octanol–water partition coefficient (Wildman–Crippen LogP) is -1.50. The Morgan fingerprint density at radius 1 is 1.35 bits per heavy atom. The zero-order valence-corrected chi connectivity index (χ0v) is 9.73. The van der Waals surface area contributed by atoms with Crippen LogP contribution >= 0.6 is 0 Å². The first-order chi connectivity index (χ1) is 7.97. The van der Waals surface area contributed by atoms with E-state index in [2.05, 4.69) is 4.99 Å². The van der Waals surface area contributed by atoms with E-state index in [1.807, 2.05) is 0 Å². The third kappa shape index (κ3) is 3.57. The van der Waals surface area contributed by atoms with Gasteiger partial charge < -0.3 is 20.4 Å². The van der Waals surface area contributed by atoms with Crippen LogP contribution in [0, 0.1) is 5.92 Å². The number of carbonyl (C=O) groups is 1. The second kappa shape index (κ2) is 6.20. The molecule has 0 aromatic carbocycles. The predicted molar refractivity (Wildman–Crippen MR) is 60.8 cm³/mol. The van der Waals surface area contributed by atoms with Gasteiger partial charge >= 0.3 is 0 Å². The molecule has 0 aromatic rings. The minimum Gasteiger partial charge on any atom is -0.396 e. The average Bonchev–Trinajstić information content (AvgIpc) is 2.27. The van der Waals surface area contributed by atoms with Crippen LogP contribution in [-0.2, 0) is 4.79 Å². The van der Waals surface area contributed by atoms with Crippen molar-refractivity contribution in [1.82, 2.24) is 0 Å². The molecule has 1 aliphatic carbocycles. The number of ketones is 1. The largest absolute Gasteiger partial charge is 0.396 e. The fourth-order valence-corrected chi connectivity index (χ4v) is 1.97. The summed E-state index contributed by atoms with van der Waals surface area (Å²) >= 11 is 0. The standard InChI is InChI=1S/C11H19NO5/c1-6(14)2-3-12-9-8(15)4-7(5-13)10(16)11(9)17/h3,7-11,13,15-17H,2,4-5H2,1H3/t7-,8?,9+,10-,11-/m1/s1. The Labute approximate surface area is 99.6 Å². The molecule has 0 heterocycles. The number of nitrogens with zero attached hydrogens (tertiary/aromatic N) is 1. The molecule has 1 rings (SSSR count). The van der Waals surface area contributed by atoms with Gasteiger partial charge in [-0.3, -0.25) is 9.79 Å². The van der Waals surface area contributed by atoms with E-state index in [4.69, 9.17) is 5.11 Å². The third-order valence-electron chi connectivity index (χ3n) is 3.01. The Morgan fingerprint density at radius 3 is 2.53 bits per heavy atom. The Morgan fingerprint density at radius 2 is 2.00 bits per heavy atom. The summed E-state index contributed by atoms with van der Waals surface area (Å²) in [5.74, 6) is -0.610. The SMILES string of the molecule is CC(=O)CC=N[C@H]1C(O)C[C@H](CO)[C@@H](O)[C@@H]1O. The second-order valence-electron chi connectivity index (χ2n) is 4.46. The minimum absolute atomic E-state index is 0.0673. The van der Waals surface area contributed by atoms with Gasteiger partial charge in [-0.05, 0) is 13.3 Å². The third-order valence-corrected chi connectivity index (χ3v) is 3.01. The first kappa shape index (κ1) is 14.2. The van der Waals surface area contributed by atoms with E-state index in [9.17, 15) is 20.1 Å². The molecule has 5 atom stereocenters. The van der Waals surface area contributed by atoms with Gasteiger partial charge in [0.2, 0.25) is 0 Å². The lowest BCUT2D eigenvalue weighted by atomic mass is 9.80. The van der Waals surface area contributed by atoms with E-state index in [0.29, 0.717) is 0 Å². The number of rotatable bonds is 4.